The lowest BCUT2D eigenvalue weighted by Crippen LogP contribution is -2.14. The maximum Gasteiger partial charge on any atom is 0.225 e. The molecule has 0 N–H and O–H groups in total. The summed E-state index contributed by atoms with van der Waals surface area (Å²) < 4.78 is 12.4. The van der Waals surface area contributed by atoms with Gasteiger partial charge in [0.15, 0.2) is 0 Å². The third kappa shape index (κ3) is 4.80. The molecule has 0 spiro atoms. The van der Waals surface area contributed by atoms with Crippen molar-refractivity contribution in [3.63, 3.8) is 0 Å². The van der Waals surface area contributed by atoms with E-state index in [0.717, 1.165) is 56.8 Å². The predicted octanol–water partition coefficient (Wildman–Crippen LogP) is 7.73. The first-order valence-electron chi connectivity index (χ1n) is 11.0. The van der Waals surface area contributed by atoms with Gasteiger partial charge in [-0.25, -0.2) is 4.68 Å². The SMILES string of the molecule is CCc1ccccc1-n1nc(C(C)(C)N=O)cc1-c1sc(-c2cccc(OSOC)c2)cc1C. The summed E-state index contributed by atoms with van der Waals surface area (Å²) in [6.45, 7) is 7.81. The van der Waals surface area contributed by atoms with Crippen molar-refractivity contribution in [3.05, 3.63) is 82.4 Å². The number of hydrogen-bond donors (Lipinski definition) is 0. The Kier molecular flexibility index (Phi) is 7.21. The minimum Gasteiger partial charge on any atom is -0.400 e. The normalized spacial score (nSPS) is 11.6. The molecule has 6 nitrogen and oxygen atoms in total. The molecule has 34 heavy (non-hydrogen) atoms. The third-order valence-corrected chi connectivity index (χ3v) is 7.34. The molecule has 0 amide bonds. The van der Waals surface area contributed by atoms with E-state index in [9.17, 15) is 4.91 Å². The van der Waals surface area contributed by atoms with E-state index in [1.54, 1.807) is 32.3 Å². The molecule has 0 atom stereocenters. The fraction of sp³-hybridized carbons (Fsp3) is 0.269. The first-order valence-corrected chi connectivity index (χ1v) is 12.5. The summed E-state index contributed by atoms with van der Waals surface area (Å²) in [7, 11) is 1.57. The highest BCUT2D eigenvalue weighted by Crippen LogP contribution is 2.41. The van der Waals surface area contributed by atoms with Crippen LogP contribution in [0.15, 0.2) is 65.8 Å². The average Bonchev–Trinajstić information content (AvgIpc) is 3.47. The highest BCUT2D eigenvalue weighted by Gasteiger charge is 2.28. The Bertz CT molecular complexity index is 1310. The van der Waals surface area contributed by atoms with Crippen LogP contribution in [-0.4, -0.2) is 16.9 Å². The quantitative estimate of drug-likeness (QED) is 0.176. The maximum atomic E-state index is 11.6. The van der Waals surface area contributed by atoms with E-state index in [1.165, 1.54) is 5.56 Å². The number of aromatic nitrogens is 2. The molecule has 2 aromatic carbocycles. The Morgan fingerprint density at radius 1 is 1.12 bits per heavy atom. The molecule has 0 saturated carbocycles. The predicted molar refractivity (Wildman–Crippen MR) is 140 cm³/mol. The highest BCUT2D eigenvalue weighted by atomic mass is 32.2. The van der Waals surface area contributed by atoms with Gasteiger partial charge in [0.1, 0.15) is 11.3 Å². The number of benzene rings is 2. The Morgan fingerprint density at radius 2 is 1.91 bits per heavy atom. The van der Waals surface area contributed by atoms with Crippen LogP contribution in [-0.2, 0) is 16.1 Å². The maximum absolute atomic E-state index is 11.6. The van der Waals surface area contributed by atoms with Crippen molar-refractivity contribution in [2.24, 2.45) is 5.18 Å². The van der Waals surface area contributed by atoms with Crippen LogP contribution >= 0.6 is 23.7 Å². The van der Waals surface area contributed by atoms with Crippen molar-refractivity contribution in [1.82, 2.24) is 9.78 Å². The van der Waals surface area contributed by atoms with E-state index in [4.69, 9.17) is 13.5 Å². The largest absolute Gasteiger partial charge is 0.400 e. The highest BCUT2D eigenvalue weighted by molar-refractivity contribution is 7.90. The molecule has 176 valence electrons. The molecule has 2 heterocycles. The van der Waals surface area contributed by atoms with Gasteiger partial charge in [-0.15, -0.1) is 16.2 Å². The van der Waals surface area contributed by atoms with Crippen LogP contribution in [0.3, 0.4) is 0 Å². The lowest BCUT2D eigenvalue weighted by Gasteiger charge is -2.12. The molecule has 0 saturated heterocycles. The summed E-state index contributed by atoms with van der Waals surface area (Å²) in [5, 5.41) is 8.21. The molecule has 8 heteroatoms. The molecule has 0 unspecified atom stereocenters. The first kappa shape index (κ1) is 24.2. The van der Waals surface area contributed by atoms with E-state index >= 15 is 0 Å². The van der Waals surface area contributed by atoms with Crippen molar-refractivity contribution in [3.8, 4) is 32.4 Å². The van der Waals surface area contributed by atoms with Crippen LogP contribution in [0.1, 0.15) is 37.6 Å². The zero-order valence-corrected chi connectivity index (χ0v) is 21.5. The first-order chi connectivity index (χ1) is 16.4. The van der Waals surface area contributed by atoms with E-state index < -0.39 is 5.54 Å². The van der Waals surface area contributed by atoms with Crippen LogP contribution in [0.4, 0.5) is 0 Å². The molecule has 0 radical (unpaired) electrons. The second-order valence-corrected chi connectivity index (χ2v) is 10.1. The topological polar surface area (TPSA) is 65.7 Å². The van der Waals surface area contributed by atoms with Gasteiger partial charge in [0.05, 0.1) is 29.1 Å². The molecular formula is C26H27N3O3S2. The summed E-state index contributed by atoms with van der Waals surface area (Å²) in [5.41, 5.74) is 5.05. The molecule has 0 aliphatic heterocycles. The monoisotopic (exact) mass is 493 g/mol. The van der Waals surface area contributed by atoms with Crippen molar-refractivity contribution < 1.29 is 8.37 Å². The van der Waals surface area contributed by atoms with Gasteiger partial charge in [-0.3, -0.25) is 4.18 Å². The zero-order valence-electron chi connectivity index (χ0n) is 19.9. The molecular weight excluding hydrogens is 466 g/mol. The van der Waals surface area contributed by atoms with E-state index in [2.05, 4.69) is 43.3 Å². The number of hydrogen-bond acceptors (Lipinski definition) is 7. The molecule has 4 aromatic rings. The van der Waals surface area contributed by atoms with Crippen LogP contribution in [0, 0.1) is 11.8 Å². The van der Waals surface area contributed by atoms with Gasteiger partial charge in [0.25, 0.3) is 0 Å². The molecule has 0 bridgehead atoms. The van der Waals surface area contributed by atoms with E-state index in [0.29, 0.717) is 5.69 Å². The number of rotatable bonds is 9. The van der Waals surface area contributed by atoms with Crippen molar-refractivity contribution >= 4 is 23.7 Å². The van der Waals surface area contributed by atoms with E-state index in [-0.39, 0.29) is 0 Å². The van der Waals surface area contributed by atoms with Crippen molar-refractivity contribution in [2.75, 3.05) is 7.11 Å². The molecule has 0 aliphatic carbocycles. The van der Waals surface area contributed by atoms with Crippen LogP contribution in [0.5, 0.6) is 5.75 Å². The Morgan fingerprint density at radius 3 is 2.65 bits per heavy atom. The average molecular weight is 494 g/mol. The minimum atomic E-state index is -0.931. The molecule has 2 aromatic heterocycles. The summed E-state index contributed by atoms with van der Waals surface area (Å²) >= 11 is 2.63. The summed E-state index contributed by atoms with van der Waals surface area (Å²) in [6.07, 6.45) is 0.876. The van der Waals surface area contributed by atoms with Gasteiger partial charge in [0.2, 0.25) is 12.3 Å². The lowest BCUT2D eigenvalue weighted by molar-refractivity contribution is 0.439. The van der Waals surface area contributed by atoms with Crippen LogP contribution < -0.4 is 4.18 Å². The van der Waals surface area contributed by atoms with Gasteiger partial charge < -0.3 is 4.18 Å². The van der Waals surface area contributed by atoms with Gasteiger partial charge in [-0.1, -0.05) is 42.4 Å². The number of nitrogens with zero attached hydrogens (tertiary/aromatic N) is 3. The Labute approximate surface area is 208 Å². The van der Waals surface area contributed by atoms with E-state index in [1.807, 2.05) is 41.1 Å². The summed E-state index contributed by atoms with van der Waals surface area (Å²) in [4.78, 5) is 13.8. The van der Waals surface area contributed by atoms with Gasteiger partial charge in [0, 0.05) is 4.88 Å². The smallest absolute Gasteiger partial charge is 0.225 e. The lowest BCUT2D eigenvalue weighted by atomic mass is 10.0. The minimum absolute atomic E-state index is 0.643. The van der Waals surface area contributed by atoms with Gasteiger partial charge in [-0.2, -0.15) is 5.10 Å². The van der Waals surface area contributed by atoms with Gasteiger partial charge in [-0.05, 0) is 74.2 Å². The number of para-hydroxylation sites is 1. The fourth-order valence-electron chi connectivity index (χ4n) is 3.74. The number of aryl methyl sites for hydroxylation is 2. The standard InChI is InChI=1S/C26H27N3O3S2/c1-6-18-10-7-8-13-21(18)29-22(16-24(27-29)26(3,4)28-30)25-17(2)14-23(33-25)19-11-9-12-20(15-19)32-34-31-5/h7-16H,6H2,1-5H3. The second-order valence-electron chi connectivity index (χ2n) is 8.43. The van der Waals surface area contributed by atoms with Crippen molar-refractivity contribution in [1.29, 1.82) is 0 Å². The van der Waals surface area contributed by atoms with Crippen LogP contribution in [0.2, 0.25) is 0 Å². The summed E-state index contributed by atoms with van der Waals surface area (Å²) in [5.74, 6) is 0.722. The molecule has 0 fully saturated rings. The Hall–Kier alpha value is -2.94. The molecule has 0 aliphatic rings. The second kappa shape index (κ2) is 10.1. The van der Waals surface area contributed by atoms with Gasteiger partial charge >= 0.3 is 0 Å². The molecule has 4 rings (SSSR count). The Balaban J connectivity index is 1.85. The number of nitroso groups, excluding NO2 is 1. The number of thiophene rings is 1. The van der Waals surface area contributed by atoms with Crippen molar-refractivity contribution in [2.45, 2.75) is 39.7 Å². The zero-order chi connectivity index (χ0) is 24.3. The fourth-order valence-corrected chi connectivity index (χ4v) is 5.16. The third-order valence-electron chi connectivity index (χ3n) is 5.63. The summed E-state index contributed by atoms with van der Waals surface area (Å²) in [6, 6.07) is 20.3. The van der Waals surface area contributed by atoms with Crippen LogP contribution in [0.25, 0.3) is 26.7 Å².